The van der Waals surface area contributed by atoms with E-state index in [0.717, 1.165) is 50.9 Å². The van der Waals surface area contributed by atoms with Crippen LogP contribution in [0.3, 0.4) is 0 Å². The molecule has 2 aliphatic rings. The van der Waals surface area contributed by atoms with Gasteiger partial charge in [-0.3, -0.25) is 0 Å². The number of hydrogen-bond acceptors (Lipinski definition) is 9. The number of nitrogens with zero attached hydrogens (tertiary/aromatic N) is 3. The molecule has 14 heteroatoms. The van der Waals surface area contributed by atoms with Crippen molar-refractivity contribution in [3.8, 4) is 17.4 Å². The average molecular weight is 556 g/mol. The van der Waals surface area contributed by atoms with Gasteiger partial charge in [-0.15, -0.1) is 13.2 Å². The van der Waals surface area contributed by atoms with Crippen LogP contribution in [0.15, 0.2) is 24.4 Å². The number of ether oxygens (including phenoxy) is 4. The average Bonchev–Trinajstić information content (AvgIpc) is 2.92. The number of amides is 2. The Morgan fingerprint density at radius 1 is 1.21 bits per heavy atom. The number of carbonyl (C=O) groups excluding carboxylic acids is 1. The summed E-state index contributed by atoms with van der Waals surface area (Å²) in [5, 5.41) is 14.8. The Morgan fingerprint density at radius 2 is 1.95 bits per heavy atom. The Labute approximate surface area is 223 Å². The summed E-state index contributed by atoms with van der Waals surface area (Å²) >= 11 is 0. The van der Waals surface area contributed by atoms with Crippen LogP contribution >= 0.6 is 0 Å². The van der Waals surface area contributed by atoms with Crippen molar-refractivity contribution in [2.45, 2.75) is 44.8 Å². The number of anilines is 2. The van der Waals surface area contributed by atoms with Crippen LogP contribution in [-0.2, 0) is 11.3 Å². The molecule has 0 bridgehead atoms. The van der Waals surface area contributed by atoms with Crippen LogP contribution in [0.1, 0.15) is 31.2 Å². The molecule has 1 saturated heterocycles. The Morgan fingerprint density at radius 3 is 2.62 bits per heavy atom. The molecule has 3 N–H and O–H groups in total. The number of aliphatic hydroxyl groups is 1. The van der Waals surface area contributed by atoms with Gasteiger partial charge in [-0.2, -0.15) is 4.98 Å². The maximum absolute atomic E-state index is 12.7. The monoisotopic (exact) mass is 555 g/mol. The Hall–Kier alpha value is -3.52. The van der Waals surface area contributed by atoms with Crippen LogP contribution in [-0.4, -0.2) is 73.5 Å². The molecule has 1 saturated carbocycles. The number of nitrogens with one attached hydrogen (secondary N) is 2. The van der Waals surface area contributed by atoms with Gasteiger partial charge in [0.2, 0.25) is 11.8 Å². The summed E-state index contributed by atoms with van der Waals surface area (Å²) in [5.74, 6) is 0.820. The minimum absolute atomic E-state index is 0.0000482. The number of alkyl halides is 3. The fraction of sp³-hybridized carbons (Fsp3) is 0.560. The van der Waals surface area contributed by atoms with E-state index >= 15 is 0 Å². The first-order valence-electron chi connectivity index (χ1n) is 12.7. The van der Waals surface area contributed by atoms with Gasteiger partial charge < -0.3 is 39.6 Å². The lowest BCUT2D eigenvalue weighted by molar-refractivity contribution is -0.274. The van der Waals surface area contributed by atoms with E-state index in [0.29, 0.717) is 31.6 Å². The Balaban J connectivity index is 1.26. The van der Waals surface area contributed by atoms with Crippen LogP contribution in [0.2, 0.25) is 0 Å². The first-order valence-corrected chi connectivity index (χ1v) is 12.7. The van der Waals surface area contributed by atoms with Crippen molar-refractivity contribution in [2.24, 2.45) is 5.92 Å². The van der Waals surface area contributed by atoms with Crippen LogP contribution in [0.4, 0.5) is 29.6 Å². The minimum Gasteiger partial charge on any atom is -0.494 e. The summed E-state index contributed by atoms with van der Waals surface area (Å²) in [6.07, 6.45) is -0.0319. The van der Waals surface area contributed by atoms with Gasteiger partial charge in [-0.1, -0.05) is 0 Å². The van der Waals surface area contributed by atoms with Gasteiger partial charge in [0.05, 0.1) is 32.6 Å². The molecule has 4 rings (SSSR count). The number of aliphatic hydroxyl groups excluding tert-OH is 1. The maximum atomic E-state index is 12.7. The van der Waals surface area contributed by atoms with E-state index in [4.69, 9.17) is 14.2 Å². The zero-order chi connectivity index (χ0) is 27.8. The van der Waals surface area contributed by atoms with E-state index < -0.39 is 24.7 Å². The van der Waals surface area contributed by atoms with Gasteiger partial charge >= 0.3 is 12.4 Å². The van der Waals surface area contributed by atoms with Crippen molar-refractivity contribution in [3.63, 3.8) is 0 Å². The topological polar surface area (TPSA) is 127 Å². The fourth-order valence-electron chi connectivity index (χ4n) is 4.65. The van der Waals surface area contributed by atoms with Crippen LogP contribution in [0, 0.1) is 5.92 Å². The lowest BCUT2D eigenvalue weighted by Gasteiger charge is -2.29. The first-order chi connectivity index (χ1) is 18.7. The Kier molecular flexibility index (Phi) is 9.51. The molecule has 214 valence electrons. The zero-order valence-corrected chi connectivity index (χ0v) is 21.5. The number of rotatable bonds is 9. The number of urea groups is 1. The lowest BCUT2D eigenvalue weighted by Crippen LogP contribution is -2.37. The molecule has 2 fully saturated rings. The second-order valence-electron chi connectivity index (χ2n) is 9.26. The number of methoxy groups -OCH3 is 1. The van der Waals surface area contributed by atoms with Gasteiger partial charge in [0, 0.05) is 43.5 Å². The highest BCUT2D eigenvalue weighted by Gasteiger charge is 2.32. The van der Waals surface area contributed by atoms with Gasteiger partial charge in [0.15, 0.2) is 0 Å². The van der Waals surface area contributed by atoms with Crippen molar-refractivity contribution in [2.75, 3.05) is 50.2 Å². The summed E-state index contributed by atoms with van der Waals surface area (Å²) in [6, 6.07) is 3.12. The molecule has 1 aliphatic carbocycles. The SMILES string of the molecule is COc1c(CO)cc(OC(F)(F)F)cc1NC(=O)NCC1CCC(Oc2ccnc(N3CCOCC3)n2)CC1. The highest BCUT2D eigenvalue weighted by molar-refractivity contribution is 5.91. The van der Waals surface area contributed by atoms with E-state index in [-0.39, 0.29) is 29.0 Å². The van der Waals surface area contributed by atoms with Gasteiger partial charge in [-0.05, 0) is 37.7 Å². The highest BCUT2D eigenvalue weighted by atomic mass is 19.4. The predicted molar refractivity (Wildman–Crippen MR) is 134 cm³/mol. The van der Waals surface area contributed by atoms with Crippen molar-refractivity contribution >= 4 is 17.7 Å². The molecule has 11 nitrogen and oxygen atoms in total. The molecule has 2 amide bonds. The largest absolute Gasteiger partial charge is 0.573 e. The highest BCUT2D eigenvalue weighted by Crippen LogP contribution is 2.36. The maximum Gasteiger partial charge on any atom is 0.573 e. The van der Waals surface area contributed by atoms with E-state index in [1.165, 1.54) is 7.11 Å². The third-order valence-corrected chi connectivity index (χ3v) is 6.54. The van der Waals surface area contributed by atoms with E-state index in [2.05, 4.69) is 30.2 Å². The molecule has 2 aromatic rings. The molecule has 1 aromatic carbocycles. The van der Waals surface area contributed by atoms with Crippen LogP contribution in [0.5, 0.6) is 17.4 Å². The van der Waals surface area contributed by atoms with E-state index in [1.807, 2.05) is 0 Å². The molecule has 1 aromatic heterocycles. The molecule has 0 atom stereocenters. The molecule has 1 aliphatic heterocycles. The molecule has 0 spiro atoms. The summed E-state index contributed by atoms with van der Waals surface area (Å²) in [5.41, 5.74) is -0.0205. The van der Waals surface area contributed by atoms with Crippen LogP contribution in [0.25, 0.3) is 0 Å². The van der Waals surface area contributed by atoms with Crippen molar-refractivity contribution in [1.82, 2.24) is 15.3 Å². The fourth-order valence-corrected chi connectivity index (χ4v) is 4.65. The second-order valence-corrected chi connectivity index (χ2v) is 9.26. The third kappa shape index (κ3) is 8.23. The molecule has 0 radical (unpaired) electrons. The lowest BCUT2D eigenvalue weighted by atomic mass is 9.87. The number of halogens is 3. The van der Waals surface area contributed by atoms with Gasteiger partial charge in [0.1, 0.15) is 17.6 Å². The van der Waals surface area contributed by atoms with Gasteiger partial charge in [0.25, 0.3) is 0 Å². The van der Waals surface area contributed by atoms with Gasteiger partial charge in [-0.25, -0.2) is 9.78 Å². The third-order valence-electron chi connectivity index (χ3n) is 6.54. The summed E-state index contributed by atoms with van der Waals surface area (Å²) in [4.78, 5) is 23.5. The number of benzene rings is 1. The molecule has 0 unspecified atom stereocenters. The molecular weight excluding hydrogens is 523 g/mol. The number of aromatic nitrogens is 2. The van der Waals surface area contributed by atoms with Crippen molar-refractivity contribution in [1.29, 1.82) is 0 Å². The number of hydrogen-bond donors (Lipinski definition) is 3. The second kappa shape index (κ2) is 13.0. The van der Waals surface area contributed by atoms with Crippen molar-refractivity contribution < 1.29 is 42.0 Å². The number of morpholine rings is 1. The normalized spacial score (nSPS) is 19.8. The smallest absolute Gasteiger partial charge is 0.494 e. The summed E-state index contributed by atoms with van der Waals surface area (Å²) in [7, 11) is 1.29. The van der Waals surface area contributed by atoms with Crippen molar-refractivity contribution in [3.05, 3.63) is 30.0 Å². The summed E-state index contributed by atoms with van der Waals surface area (Å²) < 4.78 is 58.7. The number of carbonyl (C=O) groups is 1. The first kappa shape index (κ1) is 28.5. The molecular formula is C25H32F3N5O6. The molecule has 39 heavy (non-hydrogen) atoms. The predicted octanol–water partition coefficient (Wildman–Crippen LogP) is 3.47. The van der Waals surface area contributed by atoms with E-state index in [9.17, 15) is 23.1 Å². The van der Waals surface area contributed by atoms with E-state index in [1.54, 1.807) is 12.3 Å². The minimum atomic E-state index is -4.93. The quantitative estimate of drug-likeness (QED) is 0.426. The Bertz CT molecular complexity index is 1110. The summed E-state index contributed by atoms with van der Waals surface area (Å²) in [6.45, 7) is 2.51. The molecule has 2 heterocycles. The standard InChI is InChI=1S/C25H32F3N5O6/c1-36-22-17(15-34)12-19(39-25(26,27)28)13-20(22)31-24(35)30-14-16-2-4-18(5-3-16)38-21-6-7-29-23(32-21)33-8-10-37-11-9-33/h6-7,12-13,16,18,34H,2-5,8-11,14-15H2,1H3,(H2,30,31,35). The van der Waals surface area contributed by atoms with Crippen LogP contribution < -0.4 is 29.7 Å². The zero-order valence-electron chi connectivity index (χ0n) is 21.5.